The fraction of sp³-hybridized carbons (Fsp3) is 0.821. The number of nitrogens with one attached hydrogen (secondary N) is 1. The highest BCUT2D eigenvalue weighted by Gasteiger charge is 2.30. The van der Waals surface area contributed by atoms with Gasteiger partial charge in [-0.2, -0.15) is 0 Å². The van der Waals surface area contributed by atoms with E-state index in [0.717, 1.165) is 42.4 Å². The summed E-state index contributed by atoms with van der Waals surface area (Å²) >= 11 is 0. The van der Waals surface area contributed by atoms with Crippen LogP contribution in [0.3, 0.4) is 0 Å². The fourth-order valence-corrected chi connectivity index (χ4v) is 6.47. The van der Waals surface area contributed by atoms with Gasteiger partial charge in [-0.1, -0.05) is 64.2 Å². The molecule has 0 spiro atoms. The SMILES string of the molecule is C=CC(=O)NC1CCC(/C=C/C2CCC(C3CCC(CCCCC)CC3)CC2)CC1. The molecule has 0 unspecified atom stereocenters. The van der Waals surface area contributed by atoms with Gasteiger partial charge in [-0.3, -0.25) is 4.79 Å². The second kappa shape index (κ2) is 12.7. The van der Waals surface area contributed by atoms with Gasteiger partial charge in [-0.05, 0) is 99.9 Å². The molecule has 3 aliphatic carbocycles. The molecule has 3 fully saturated rings. The summed E-state index contributed by atoms with van der Waals surface area (Å²) in [5, 5.41) is 3.06. The van der Waals surface area contributed by atoms with Gasteiger partial charge in [0, 0.05) is 6.04 Å². The van der Waals surface area contributed by atoms with Crippen LogP contribution in [0.2, 0.25) is 0 Å². The minimum absolute atomic E-state index is 0.0178. The Kier molecular flexibility index (Phi) is 10.0. The van der Waals surface area contributed by atoms with E-state index in [1.807, 2.05) is 0 Å². The number of hydrogen-bond donors (Lipinski definition) is 1. The number of hydrogen-bond acceptors (Lipinski definition) is 1. The van der Waals surface area contributed by atoms with Crippen molar-refractivity contribution in [2.75, 3.05) is 0 Å². The second-order valence-electron chi connectivity index (χ2n) is 10.7. The number of unbranched alkanes of at least 4 members (excludes halogenated alkanes) is 2. The first-order valence-corrected chi connectivity index (χ1v) is 13.3. The van der Waals surface area contributed by atoms with Gasteiger partial charge < -0.3 is 5.32 Å². The molecule has 0 heterocycles. The molecule has 2 nitrogen and oxygen atoms in total. The molecule has 0 radical (unpaired) electrons. The first-order chi connectivity index (χ1) is 14.7. The Morgan fingerprint density at radius 1 is 0.800 bits per heavy atom. The molecule has 2 heteroatoms. The normalized spacial score (nSPS) is 35.2. The zero-order valence-electron chi connectivity index (χ0n) is 19.6. The summed E-state index contributed by atoms with van der Waals surface area (Å²) in [6.07, 6.45) is 28.8. The van der Waals surface area contributed by atoms with Crippen LogP contribution in [0, 0.1) is 29.6 Å². The Bertz CT molecular complexity index is 529. The van der Waals surface area contributed by atoms with E-state index in [2.05, 4.69) is 31.0 Å². The third kappa shape index (κ3) is 7.57. The smallest absolute Gasteiger partial charge is 0.243 e. The molecule has 0 aromatic heterocycles. The van der Waals surface area contributed by atoms with Crippen molar-refractivity contribution in [1.82, 2.24) is 5.32 Å². The average Bonchev–Trinajstić information content (AvgIpc) is 2.79. The molecule has 3 rings (SSSR count). The van der Waals surface area contributed by atoms with Crippen LogP contribution in [0.1, 0.15) is 110 Å². The molecule has 0 bridgehead atoms. The summed E-state index contributed by atoms with van der Waals surface area (Å²) in [6.45, 7) is 5.87. The van der Waals surface area contributed by atoms with Gasteiger partial charge in [0.2, 0.25) is 5.91 Å². The maximum atomic E-state index is 11.5. The standard InChI is InChI=1S/C28H47NO/c1-3-5-6-7-22-10-16-25(17-11-22)26-18-12-23(13-19-26)8-9-24-14-20-27(21-15-24)29-28(30)4-2/h4,8-9,22-27H,2-3,5-7,10-21H2,1H3,(H,29,30)/b9-8+. The zero-order valence-corrected chi connectivity index (χ0v) is 19.6. The highest BCUT2D eigenvalue weighted by atomic mass is 16.1. The molecule has 3 aliphatic rings. The molecule has 1 amide bonds. The van der Waals surface area contributed by atoms with Crippen molar-refractivity contribution in [3.63, 3.8) is 0 Å². The largest absolute Gasteiger partial charge is 0.350 e. The highest BCUT2D eigenvalue weighted by molar-refractivity contribution is 5.87. The van der Waals surface area contributed by atoms with E-state index >= 15 is 0 Å². The number of rotatable bonds is 9. The maximum Gasteiger partial charge on any atom is 0.243 e. The van der Waals surface area contributed by atoms with E-state index in [9.17, 15) is 4.79 Å². The van der Waals surface area contributed by atoms with Crippen LogP contribution in [0.25, 0.3) is 0 Å². The van der Waals surface area contributed by atoms with Crippen LogP contribution in [0.5, 0.6) is 0 Å². The monoisotopic (exact) mass is 413 g/mol. The van der Waals surface area contributed by atoms with E-state index in [1.165, 1.54) is 96.0 Å². The van der Waals surface area contributed by atoms with Crippen LogP contribution in [-0.2, 0) is 4.79 Å². The molecule has 0 atom stereocenters. The Morgan fingerprint density at radius 3 is 1.87 bits per heavy atom. The predicted molar refractivity (Wildman–Crippen MR) is 128 cm³/mol. The third-order valence-electron chi connectivity index (χ3n) is 8.55. The number of amides is 1. The number of allylic oxidation sites excluding steroid dienone is 2. The van der Waals surface area contributed by atoms with Crippen molar-refractivity contribution < 1.29 is 4.79 Å². The summed E-state index contributed by atoms with van der Waals surface area (Å²) in [4.78, 5) is 11.5. The first kappa shape index (κ1) is 23.6. The van der Waals surface area contributed by atoms with Crippen LogP contribution in [0.4, 0.5) is 0 Å². The summed E-state index contributed by atoms with van der Waals surface area (Å²) in [6, 6.07) is 0.359. The molecular formula is C28H47NO. The molecule has 0 aromatic carbocycles. The summed E-state index contributed by atoms with van der Waals surface area (Å²) in [5.74, 6) is 4.64. The van der Waals surface area contributed by atoms with E-state index in [1.54, 1.807) is 0 Å². The topological polar surface area (TPSA) is 29.1 Å². The Labute approximate surface area is 186 Å². The lowest BCUT2D eigenvalue weighted by atomic mass is 9.68. The van der Waals surface area contributed by atoms with Crippen LogP contribution in [-0.4, -0.2) is 11.9 Å². The van der Waals surface area contributed by atoms with Crippen LogP contribution < -0.4 is 5.32 Å². The van der Waals surface area contributed by atoms with Gasteiger partial charge in [-0.15, -0.1) is 0 Å². The molecule has 0 saturated heterocycles. The lowest BCUT2D eigenvalue weighted by molar-refractivity contribution is -0.117. The highest BCUT2D eigenvalue weighted by Crippen LogP contribution is 2.42. The lowest BCUT2D eigenvalue weighted by Gasteiger charge is -2.37. The van der Waals surface area contributed by atoms with Crippen molar-refractivity contribution in [1.29, 1.82) is 0 Å². The minimum Gasteiger partial charge on any atom is -0.350 e. The first-order valence-electron chi connectivity index (χ1n) is 13.3. The van der Waals surface area contributed by atoms with E-state index in [-0.39, 0.29) is 5.91 Å². The van der Waals surface area contributed by atoms with E-state index < -0.39 is 0 Å². The predicted octanol–water partition coefficient (Wildman–Crippen LogP) is 7.60. The van der Waals surface area contributed by atoms with Crippen molar-refractivity contribution in [2.24, 2.45) is 29.6 Å². The summed E-state index contributed by atoms with van der Waals surface area (Å²) in [7, 11) is 0. The van der Waals surface area contributed by atoms with Gasteiger partial charge in [0.05, 0.1) is 0 Å². The molecule has 30 heavy (non-hydrogen) atoms. The van der Waals surface area contributed by atoms with Crippen molar-refractivity contribution in [2.45, 2.75) is 116 Å². The minimum atomic E-state index is -0.0178. The Hall–Kier alpha value is -1.05. The van der Waals surface area contributed by atoms with E-state index in [4.69, 9.17) is 0 Å². The molecule has 0 aromatic rings. The third-order valence-corrected chi connectivity index (χ3v) is 8.55. The van der Waals surface area contributed by atoms with Gasteiger partial charge in [-0.25, -0.2) is 0 Å². The summed E-state index contributed by atoms with van der Waals surface area (Å²) < 4.78 is 0. The Balaban J connectivity index is 1.30. The molecule has 3 saturated carbocycles. The van der Waals surface area contributed by atoms with Crippen LogP contribution in [0.15, 0.2) is 24.8 Å². The van der Waals surface area contributed by atoms with E-state index in [0.29, 0.717) is 6.04 Å². The number of carbonyl (C=O) groups excluding carboxylic acids is 1. The second-order valence-corrected chi connectivity index (χ2v) is 10.7. The van der Waals surface area contributed by atoms with Gasteiger partial charge >= 0.3 is 0 Å². The van der Waals surface area contributed by atoms with Gasteiger partial charge in [0.1, 0.15) is 0 Å². The van der Waals surface area contributed by atoms with Crippen molar-refractivity contribution in [3.05, 3.63) is 24.8 Å². The van der Waals surface area contributed by atoms with Gasteiger partial charge in [0.25, 0.3) is 0 Å². The van der Waals surface area contributed by atoms with Gasteiger partial charge in [0.15, 0.2) is 0 Å². The number of carbonyl (C=O) groups is 1. The molecule has 0 aliphatic heterocycles. The Morgan fingerprint density at radius 2 is 1.33 bits per heavy atom. The molecular weight excluding hydrogens is 366 g/mol. The molecule has 170 valence electrons. The van der Waals surface area contributed by atoms with Crippen LogP contribution >= 0.6 is 0 Å². The quantitative estimate of drug-likeness (QED) is 0.235. The van der Waals surface area contributed by atoms with Crippen molar-refractivity contribution >= 4 is 5.91 Å². The fourth-order valence-electron chi connectivity index (χ4n) is 6.47. The maximum absolute atomic E-state index is 11.5. The summed E-state index contributed by atoms with van der Waals surface area (Å²) in [5.41, 5.74) is 0. The lowest BCUT2D eigenvalue weighted by Crippen LogP contribution is -2.36. The zero-order chi connectivity index (χ0) is 21.2. The molecule has 1 N–H and O–H groups in total. The average molecular weight is 414 g/mol. The van der Waals surface area contributed by atoms with Crippen molar-refractivity contribution in [3.8, 4) is 0 Å².